The molecule has 3 aromatic heterocycles. The quantitative estimate of drug-likeness (QED) is 0.484. The van der Waals surface area contributed by atoms with Gasteiger partial charge in [-0.15, -0.1) is 11.3 Å². The van der Waals surface area contributed by atoms with Gasteiger partial charge in [0.2, 0.25) is 5.95 Å². The van der Waals surface area contributed by atoms with Crippen LogP contribution in [0.1, 0.15) is 12.0 Å². The summed E-state index contributed by atoms with van der Waals surface area (Å²) >= 11 is 1.47. The van der Waals surface area contributed by atoms with Crippen LogP contribution in [0.2, 0.25) is 0 Å². The Morgan fingerprint density at radius 3 is 2.81 bits per heavy atom. The molecule has 32 heavy (non-hydrogen) atoms. The van der Waals surface area contributed by atoms with Crippen molar-refractivity contribution in [3.8, 4) is 22.0 Å². The highest BCUT2D eigenvalue weighted by atomic mass is 32.1. The zero-order chi connectivity index (χ0) is 22.3. The molecule has 0 saturated carbocycles. The van der Waals surface area contributed by atoms with Crippen LogP contribution in [0, 0.1) is 0 Å². The fourth-order valence-corrected chi connectivity index (χ4v) is 4.53. The second-order valence-electron chi connectivity index (χ2n) is 7.75. The van der Waals surface area contributed by atoms with Crippen LogP contribution < -0.4 is 5.32 Å². The number of likely N-dealkylation sites (N-methyl/N-ethyl adjacent to an activating group) is 1. The van der Waals surface area contributed by atoms with E-state index in [9.17, 15) is 9.90 Å². The lowest BCUT2D eigenvalue weighted by Crippen LogP contribution is -2.36. The number of thiazole rings is 1. The summed E-state index contributed by atoms with van der Waals surface area (Å²) in [5.74, 6) is 0.184. The molecule has 10 heteroatoms. The summed E-state index contributed by atoms with van der Waals surface area (Å²) in [6, 6.07) is 9.20. The van der Waals surface area contributed by atoms with Gasteiger partial charge in [0.05, 0.1) is 17.6 Å². The first-order valence-electron chi connectivity index (χ1n) is 10.1. The summed E-state index contributed by atoms with van der Waals surface area (Å²) in [7, 11) is 3.55. The second kappa shape index (κ2) is 7.81. The van der Waals surface area contributed by atoms with Gasteiger partial charge in [0.1, 0.15) is 10.7 Å². The van der Waals surface area contributed by atoms with Gasteiger partial charge in [0, 0.05) is 50.4 Å². The van der Waals surface area contributed by atoms with E-state index in [4.69, 9.17) is 4.98 Å². The van der Waals surface area contributed by atoms with E-state index in [0.29, 0.717) is 30.2 Å². The van der Waals surface area contributed by atoms with Gasteiger partial charge in [-0.2, -0.15) is 5.10 Å². The Bertz CT molecular complexity index is 1300. The molecule has 162 valence electrons. The summed E-state index contributed by atoms with van der Waals surface area (Å²) in [6.45, 7) is 0.531. The van der Waals surface area contributed by atoms with Gasteiger partial charge in [-0.05, 0) is 17.7 Å². The minimum Gasteiger partial charge on any atom is -0.375 e. The number of rotatable bonds is 5. The monoisotopic (exact) mass is 447 g/mol. The molecule has 2 N–H and O–H groups in total. The molecule has 0 aliphatic carbocycles. The molecule has 0 radical (unpaired) electrons. The van der Waals surface area contributed by atoms with Gasteiger partial charge in [-0.1, -0.05) is 18.2 Å². The zero-order valence-electron chi connectivity index (χ0n) is 17.6. The molecule has 1 aromatic carbocycles. The van der Waals surface area contributed by atoms with Crippen molar-refractivity contribution in [3.63, 3.8) is 0 Å². The summed E-state index contributed by atoms with van der Waals surface area (Å²) in [5.41, 5.74) is 2.20. The average molecular weight is 448 g/mol. The standard InChI is InChI=1S/C22H21N7O2S/c1-28-9-7-22(31,20(28)30)15-5-3-4-14(10-15)18-13-32-19(26-18)17-6-8-23-21(27-17)25-16-11-24-29(2)12-16/h3-6,8,10-13,31H,7,9H2,1-2H3,(H,23,25,27). The number of aromatic nitrogens is 5. The molecule has 0 bridgehead atoms. The maximum atomic E-state index is 12.5. The predicted molar refractivity (Wildman–Crippen MR) is 121 cm³/mol. The fraction of sp³-hybridized carbons (Fsp3) is 0.227. The van der Waals surface area contributed by atoms with Crippen LogP contribution in [0.4, 0.5) is 11.6 Å². The Labute approximate surface area is 188 Å². The Morgan fingerprint density at radius 1 is 1.19 bits per heavy atom. The summed E-state index contributed by atoms with van der Waals surface area (Å²) < 4.78 is 1.70. The van der Waals surface area contributed by atoms with E-state index in [2.05, 4.69) is 20.4 Å². The Morgan fingerprint density at radius 2 is 2.06 bits per heavy atom. The van der Waals surface area contributed by atoms with Crippen LogP contribution >= 0.6 is 11.3 Å². The topological polar surface area (TPSA) is 109 Å². The number of nitrogens with one attached hydrogen (secondary N) is 1. The molecule has 1 saturated heterocycles. The molecule has 1 amide bonds. The molecule has 1 aliphatic heterocycles. The van der Waals surface area contributed by atoms with Crippen molar-refractivity contribution in [2.45, 2.75) is 12.0 Å². The van der Waals surface area contributed by atoms with E-state index in [1.54, 1.807) is 35.1 Å². The number of aryl methyl sites for hydroxylation is 1. The van der Waals surface area contributed by atoms with Gasteiger partial charge in [-0.25, -0.2) is 15.0 Å². The van der Waals surface area contributed by atoms with Crippen LogP contribution in [0.25, 0.3) is 22.0 Å². The minimum atomic E-state index is -1.48. The smallest absolute Gasteiger partial charge is 0.258 e. The summed E-state index contributed by atoms with van der Waals surface area (Å²) in [4.78, 5) is 27.6. The summed E-state index contributed by atoms with van der Waals surface area (Å²) in [6.07, 6.45) is 5.60. The van der Waals surface area contributed by atoms with Crippen molar-refractivity contribution in [3.05, 3.63) is 59.9 Å². The highest BCUT2D eigenvalue weighted by molar-refractivity contribution is 7.13. The molecular formula is C22H21N7O2S. The van der Waals surface area contributed by atoms with Crippen LogP contribution in [-0.2, 0) is 17.4 Å². The fourth-order valence-electron chi connectivity index (χ4n) is 3.73. The maximum absolute atomic E-state index is 12.5. The lowest BCUT2D eigenvalue weighted by Gasteiger charge is -2.21. The van der Waals surface area contributed by atoms with Crippen LogP contribution in [0.3, 0.4) is 0 Å². The second-order valence-corrected chi connectivity index (χ2v) is 8.61. The number of benzene rings is 1. The van der Waals surface area contributed by atoms with Gasteiger partial charge in [0.25, 0.3) is 5.91 Å². The first kappa shape index (κ1) is 20.3. The van der Waals surface area contributed by atoms with Crippen molar-refractivity contribution in [1.29, 1.82) is 0 Å². The molecule has 9 nitrogen and oxygen atoms in total. The predicted octanol–water partition coefficient (Wildman–Crippen LogP) is 2.79. The number of hydrogen-bond donors (Lipinski definition) is 2. The van der Waals surface area contributed by atoms with Gasteiger partial charge in [0.15, 0.2) is 5.60 Å². The van der Waals surface area contributed by atoms with Crippen molar-refractivity contribution < 1.29 is 9.90 Å². The van der Waals surface area contributed by atoms with E-state index in [1.165, 1.54) is 11.3 Å². The van der Waals surface area contributed by atoms with E-state index >= 15 is 0 Å². The number of carbonyl (C=O) groups excluding carboxylic acids is 1. The molecule has 1 atom stereocenters. The highest BCUT2D eigenvalue weighted by Gasteiger charge is 2.45. The number of amides is 1. The lowest BCUT2D eigenvalue weighted by molar-refractivity contribution is -0.143. The Hall–Kier alpha value is -3.63. The number of aliphatic hydroxyl groups is 1. The maximum Gasteiger partial charge on any atom is 0.258 e. The molecule has 1 unspecified atom stereocenters. The van der Waals surface area contributed by atoms with Crippen molar-refractivity contribution in [1.82, 2.24) is 29.6 Å². The van der Waals surface area contributed by atoms with Gasteiger partial charge < -0.3 is 15.3 Å². The minimum absolute atomic E-state index is 0.275. The zero-order valence-corrected chi connectivity index (χ0v) is 18.4. The van der Waals surface area contributed by atoms with Crippen LogP contribution in [-0.4, -0.2) is 54.2 Å². The number of hydrogen-bond acceptors (Lipinski definition) is 8. The van der Waals surface area contributed by atoms with Crippen molar-refractivity contribution >= 4 is 28.9 Å². The largest absolute Gasteiger partial charge is 0.375 e. The van der Waals surface area contributed by atoms with E-state index < -0.39 is 5.60 Å². The number of likely N-dealkylation sites (tertiary alicyclic amines) is 1. The molecule has 5 rings (SSSR count). The van der Waals surface area contributed by atoms with E-state index in [0.717, 1.165) is 22.0 Å². The first-order valence-corrected chi connectivity index (χ1v) is 10.9. The normalized spacial score (nSPS) is 18.3. The molecule has 1 aliphatic rings. The third kappa shape index (κ3) is 3.63. The molecule has 4 aromatic rings. The number of nitrogens with zero attached hydrogens (tertiary/aromatic N) is 6. The first-order chi connectivity index (χ1) is 15.4. The number of carbonyl (C=O) groups is 1. The van der Waals surface area contributed by atoms with Crippen molar-refractivity contribution in [2.75, 3.05) is 18.9 Å². The van der Waals surface area contributed by atoms with Gasteiger partial charge >= 0.3 is 0 Å². The summed E-state index contributed by atoms with van der Waals surface area (Å²) in [5, 5.41) is 20.9. The van der Waals surface area contributed by atoms with E-state index in [1.807, 2.05) is 42.9 Å². The molecule has 1 fully saturated rings. The van der Waals surface area contributed by atoms with Crippen LogP contribution in [0.15, 0.2) is 54.3 Å². The van der Waals surface area contributed by atoms with Crippen molar-refractivity contribution in [2.24, 2.45) is 7.05 Å². The SMILES string of the molecule is CN1CCC(O)(c2cccc(-c3csc(-c4ccnc(Nc5cnn(C)c5)n4)n3)c2)C1=O. The van der Waals surface area contributed by atoms with Crippen LogP contribution in [0.5, 0.6) is 0 Å². The lowest BCUT2D eigenvalue weighted by atomic mass is 9.90. The average Bonchev–Trinajstić information content (AvgIpc) is 3.52. The highest BCUT2D eigenvalue weighted by Crippen LogP contribution is 2.35. The molecule has 4 heterocycles. The molecule has 0 spiro atoms. The Balaban J connectivity index is 1.41. The molecular weight excluding hydrogens is 426 g/mol. The van der Waals surface area contributed by atoms with E-state index in [-0.39, 0.29) is 5.91 Å². The number of anilines is 2. The third-order valence-corrected chi connectivity index (χ3v) is 6.35. The third-order valence-electron chi connectivity index (χ3n) is 5.49. The van der Waals surface area contributed by atoms with Gasteiger partial charge in [-0.3, -0.25) is 9.48 Å². The Kier molecular flexibility index (Phi) is 4.95.